The van der Waals surface area contributed by atoms with Gasteiger partial charge in [0.15, 0.2) is 11.6 Å². The fourth-order valence-corrected chi connectivity index (χ4v) is 7.32. The first-order chi connectivity index (χ1) is 23.7. The van der Waals surface area contributed by atoms with Gasteiger partial charge in [-0.25, -0.2) is 35.7 Å². The van der Waals surface area contributed by atoms with Crippen LogP contribution in [0, 0.1) is 23.5 Å². The van der Waals surface area contributed by atoms with Crippen molar-refractivity contribution in [1.29, 1.82) is 0 Å². The number of likely N-dealkylation sites (tertiary alicyclic amines) is 1. The summed E-state index contributed by atoms with van der Waals surface area (Å²) in [6.45, 7) is 8.57. The van der Waals surface area contributed by atoms with Crippen LogP contribution in [0.3, 0.4) is 0 Å². The van der Waals surface area contributed by atoms with E-state index in [0.29, 0.717) is 42.2 Å². The average Bonchev–Trinajstić information content (AvgIpc) is 3.61. The molecule has 4 rings (SSSR count). The Morgan fingerprint density at radius 2 is 1.90 bits per heavy atom. The lowest BCUT2D eigenvalue weighted by atomic mass is 9.85. The molecule has 0 bridgehead atoms. The van der Waals surface area contributed by atoms with Gasteiger partial charge in [-0.05, 0) is 57.4 Å². The number of sulfonamides is 1. The quantitative estimate of drug-likeness (QED) is 0.170. The molecule has 0 spiro atoms. The fraction of sp³-hybridized carbons (Fsp3) is 0.382. The Morgan fingerprint density at radius 3 is 2.54 bits per heavy atom. The van der Waals surface area contributed by atoms with Crippen LogP contribution in [-0.4, -0.2) is 68.3 Å². The second kappa shape index (κ2) is 16.4. The van der Waals surface area contributed by atoms with Crippen molar-refractivity contribution in [2.75, 3.05) is 38.2 Å². The standard InChI is InChI=1S/C34H39F3N4O7S2/c1-7-25(35)10-8-9-22-13-14-40(33(42)48-34(2,3)4)18-24(22)20-47-30-16-28(37)31(17-27(30)36)50(43,44)41(32-38-21-39-49-32)19-23-11-12-26(45-5)15-29(23)46-6/h7-12,15-17,21-22,24H,1,13-14,18-20H2,2-6H3. The zero-order valence-corrected chi connectivity index (χ0v) is 29.9. The molecule has 0 radical (unpaired) electrons. The summed E-state index contributed by atoms with van der Waals surface area (Å²) in [4.78, 5) is 17.4. The van der Waals surface area contributed by atoms with Crippen LogP contribution in [0.15, 0.2) is 78.3 Å². The number of anilines is 1. The smallest absolute Gasteiger partial charge is 0.410 e. The summed E-state index contributed by atoms with van der Waals surface area (Å²) in [5.41, 5.74) is -0.339. The Kier molecular flexibility index (Phi) is 12.6. The molecule has 1 aromatic heterocycles. The van der Waals surface area contributed by atoms with Crippen LogP contribution >= 0.6 is 11.5 Å². The zero-order valence-electron chi connectivity index (χ0n) is 28.3. The molecule has 2 aromatic carbocycles. The number of carbonyl (C=O) groups excluding carboxylic acids is 1. The summed E-state index contributed by atoms with van der Waals surface area (Å²) in [6.07, 6.45) is 6.61. The van der Waals surface area contributed by atoms with Gasteiger partial charge in [0.05, 0.1) is 27.4 Å². The zero-order chi connectivity index (χ0) is 36.6. The topological polar surface area (TPSA) is 120 Å². The molecule has 50 heavy (non-hydrogen) atoms. The molecule has 0 aliphatic carbocycles. The number of halogens is 3. The third-order valence-corrected chi connectivity index (χ3v) is 10.2. The maximum absolute atomic E-state index is 15.7. The van der Waals surface area contributed by atoms with Crippen LogP contribution < -0.4 is 18.5 Å². The Bertz CT molecular complexity index is 1830. The number of benzene rings is 2. The number of piperidine rings is 1. The highest BCUT2D eigenvalue weighted by molar-refractivity contribution is 7.93. The minimum atomic E-state index is -4.75. The van der Waals surface area contributed by atoms with Gasteiger partial charge >= 0.3 is 6.09 Å². The number of allylic oxidation sites excluding steroid dienone is 5. The molecule has 1 amide bonds. The molecule has 16 heteroatoms. The van der Waals surface area contributed by atoms with Gasteiger partial charge < -0.3 is 23.8 Å². The second-order valence-corrected chi connectivity index (χ2v) is 14.8. The van der Waals surface area contributed by atoms with Gasteiger partial charge in [-0.2, -0.15) is 4.37 Å². The first kappa shape index (κ1) is 38.2. The molecule has 1 saturated heterocycles. The molecule has 1 aliphatic rings. The van der Waals surface area contributed by atoms with Crippen molar-refractivity contribution in [3.05, 3.63) is 90.6 Å². The van der Waals surface area contributed by atoms with Gasteiger partial charge in [0.25, 0.3) is 10.0 Å². The lowest BCUT2D eigenvalue weighted by Crippen LogP contribution is -2.47. The first-order valence-corrected chi connectivity index (χ1v) is 17.6. The van der Waals surface area contributed by atoms with Crippen molar-refractivity contribution in [2.45, 2.75) is 44.2 Å². The van der Waals surface area contributed by atoms with Crippen molar-refractivity contribution < 1.29 is 45.3 Å². The molecule has 11 nitrogen and oxygen atoms in total. The number of ether oxygens (including phenoxy) is 4. The number of carbonyl (C=O) groups is 1. The van der Waals surface area contributed by atoms with Gasteiger partial charge in [-0.1, -0.05) is 18.7 Å². The van der Waals surface area contributed by atoms with Gasteiger partial charge in [-0.3, -0.25) is 0 Å². The maximum atomic E-state index is 15.7. The van der Waals surface area contributed by atoms with Gasteiger partial charge in [-0.15, -0.1) is 0 Å². The van der Waals surface area contributed by atoms with E-state index in [1.807, 2.05) is 0 Å². The molecular formula is C34H39F3N4O7S2. The summed E-state index contributed by atoms with van der Waals surface area (Å²) in [7, 11) is -1.89. The molecule has 2 heterocycles. The van der Waals surface area contributed by atoms with Crippen LogP contribution in [0.4, 0.5) is 23.1 Å². The van der Waals surface area contributed by atoms with Crippen molar-refractivity contribution in [2.24, 2.45) is 11.8 Å². The van der Waals surface area contributed by atoms with Crippen molar-refractivity contribution in [1.82, 2.24) is 14.3 Å². The van der Waals surface area contributed by atoms with Crippen LogP contribution in [0.25, 0.3) is 0 Å². The predicted molar refractivity (Wildman–Crippen MR) is 183 cm³/mol. The second-order valence-electron chi connectivity index (χ2n) is 12.2. The number of amides is 1. The minimum absolute atomic E-state index is 0.0863. The van der Waals surface area contributed by atoms with E-state index in [1.165, 1.54) is 31.3 Å². The number of hydrogen-bond donors (Lipinski definition) is 0. The van der Waals surface area contributed by atoms with Crippen molar-refractivity contribution >= 4 is 32.8 Å². The molecule has 2 unspecified atom stereocenters. The number of nitrogens with zero attached hydrogens (tertiary/aromatic N) is 4. The fourth-order valence-electron chi connectivity index (χ4n) is 5.13. The van der Waals surface area contributed by atoms with Gasteiger partial charge in [0, 0.05) is 54.3 Å². The molecule has 1 fully saturated rings. The molecule has 1 aliphatic heterocycles. The highest BCUT2D eigenvalue weighted by Gasteiger charge is 2.35. The largest absolute Gasteiger partial charge is 0.497 e. The monoisotopic (exact) mass is 736 g/mol. The molecule has 3 aromatic rings. The van der Waals surface area contributed by atoms with Gasteiger partial charge in [0.2, 0.25) is 5.13 Å². The number of rotatable bonds is 13. The highest BCUT2D eigenvalue weighted by atomic mass is 32.2. The molecular weight excluding hydrogens is 698 g/mol. The Hall–Kier alpha value is -4.57. The van der Waals surface area contributed by atoms with Crippen LogP contribution in [-0.2, 0) is 21.3 Å². The van der Waals surface area contributed by atoms with E-state index in [4.69, 9.17) is 18.9 Å². The lowest BCUT2D eigenvalue weighted by molar-refractivity contribution is 0.00898. The summed E-state index contributed by atoms with van der Waals surface area (Å²) in [5, 5.41) is -0.0863. The minimum Gasteiger partial charge on any atom is -0.497 e. The normalized spacial score (nSPS) is 17.0. The van der Waals surface area contributed by atoms with E-state index in [0.717, 1.165) is 28.2 Å². The predicted octanol–water partition coefficient (Wildman–Crippen LogP) is 7.08. The molecule has 270 valence electrons. The summed E-state index contributed by atoms with van der Waals surface area (Å²) in [5.74, 6) is -3.38. The van der Waals surface area contributed by atoms with E-state index >= 15 is 8.78 Å². The van der Waals surface area contributed by atoms with E-state index < -0.39 is 55.7 Å². The van der Waals surface area contributed by atoms with Crippen LogP contribution in [0.5, 0.6) is 17.2 Å². The van der Waals surface area contributed by atoms with Gasteiger partial charge in [0.1, 0.15) is 40.0 Å². The summed E-state index contributed by atoms with van der Waals surface area (Å²) >= 11 is 0.751. The summed E-state index contributed by atoms with van der Waals surface area (Å²) in [6, 6.07) is 5.95. The van der Waals surface area contributed by atoms with Crippen molar-refractivity contribution in [3.63, 3.8) is 0 Å². The number of hydrogen-bond acceptors (Lipinski definition) is 10. The SMILES string of the molecule is C=CC(F)=CC=CC1CCN(C(=O)OC(C)(C)C)CC1COc1cc(F)c(S(=O)(=O)N(Cc2ccc(OC)cc2OC)c2ncns2)cc1F. The molecule has 2 atom stereocenters. The van der Waals surface area contributed by atoms with Crippen LogP contribution in [0.1, 0.15) is 32.8 Å². The third-order valence-electron chi connectivity index (χ3n) is 7.63. The van der Waals surface area contributed by atoms with Crippen LogP contribution in [0.2, 0.25) is 0 Å². The lowest BCUT2D eigenvalue weighted by Gasteiger charge is -2.38. The van der Waals surface area contributed by atoms with E-state index in [2.05, 4.69) is 15.9 Å². The highest BCUT2D eigenvalue weighted by Crippen LogP contribution is 2.35. The van der Waals surface area contributed by atoms with E-state index in [1.54, 1.807) is 45.0 Å². The average molecular weight is 737 g/mol. The first-order valence-electron chi connectivity index (χ1n) is 15.4. The maximum Gasteiger partial charge on any atom is 0.410 e. The molecule has 0 saturated carbocycles. The Morgan fingerprint density at radius 1 is 1.14 bits per heavy atom. The van der Waals surface area contributed by atoms with Crippen molar-refractivity contribution in [3.8, 4) is 17.2 Å². The third kappa shape index (κ3) is 9.56. The van der Waals surface area contributed by atoms with E-state index in [-0.39, 0.29) is 30.7 Å². The summed E-state index contributed by atoms with van der Waals surface area (Å²) < 4.78 is 99.3. The number of aromatic nitrogens is 2. The Labute approximate surface area is 293 Å². The molecule has 0 N–H and O–H groups in total. The Balaban J connectivity index is 1.60. The number of methoxy groups -OCH3 is 2. The van der Waals surface area contributed by atoms with E-state index in [9.17, 15) is 17.6 Å².